The number of carbonyl (C=O) groups is 1. The lowest BCUT2D eigenvalue weighted by atomic mass is 10.0. The van der Waals surface area contributed by atoms with E-state index in [0.29, 0.717) is 22.7 Å². The monoisotopic (exact) mass is 433 g/mol. The highest BCUT2D eigenvalue weighted by molar-refractivity contribution is 7.97. The molecule has 158 valence electrons. The molecule has 0 aliphatic carbocycles. The smallest absolute Gasteiger partial charge is 0.271 e. The molecule has 1 aliphatic rings. The number of nitro groups is 1. The summed E-state index contributed by atoms with van der Waals surface area (Å²) in [4.78, 5) is 22.8. The van der Waals surface area contributed by atoms with Gasteiger partial charge in [0.05, 0.1) is 24.8 Å². The van der Waals surface area contributed by atoms with Crippen LogP contribution in [0.3, 0.4) is 0 Å². The van der Waals surface area contributed by atoms with E-state index in [0.717, 1.165) is 10.4 Å². The van der Waals surface area contributed by atoms with Crippen LogP contribution in [0.2, 0.25) is 0 Å². The Hall–Kier alpha value is -3.60. The van der Waals surface area contributed by atoms with Crippen LogP contribution in [0.15, 0.2) is 41.3 Å². The van der Waals surface area contributed by atoms with Crippen molar-refractivity contribution in [1.29, 1.82) is 0 Å². The summed E-state index contributed by atoms with van der Waals surface area (Å²) in [7, 11) is 0.0217. The number of benzene rings is 2. The van der Waals surface area contributed by atoms with Gasteiger partial charge in [-0.25, -0.2) is 8.42 Å². The van der Waals surface area contributed by atoms with E-state index in [2.05, 4.69) is 5.32 Å². The molecule has 0 atom stereocenters. The number of amides is 1. The van der Waals surface area contributed by atoms with Gasteiger partial charge >= 0.3 is 0 Å². The predicted molar refractivity (Wildman–Crippen MR) is 111 cm³/mol. The normalized spacial score (nSPS) is 14.7. The van der Waals surface area contributed by atoms with E-state index in [1.807, 2.05) is 0 Å². The first-order chi connectivity index (χ1) is 14.1. The number of nitrogens with one attached hydrogen (secondary N) is 1. The van der Waals surface area contributed by atoms with Crippen LogP contribution in [0.1, 0.15) is 12.5 Å². The van der Waals surface area contributed by atoms with Crippen molar-refractivity contribution in [1.82, 2.24) is 0 Å². The third-order valence-electron chi connectivity index (χ3n) is 4.73. The molecule has 0 aromatic heterocycles. The van der Waals surface area contributed by atoms with Crippen LogP contribution in [0.4, 0.5) is 17.1 Å². The molecule has 1 N–H and O–H groups in total. The number of non-ortho nitro benzene ring substituents is 1. The molecule has 2 aromatic carbocycles. The summed E-state index contributed by atoms with van der Waals surface area (Å²) in [6.45, 7) is 1.51. The van der Waals surface area contributed by atoms with Gasteiger partial charge in [-0.1, -0.05) is 6.07 Å². The molecule has 1 heterocycles. The molecule has 1 aliphatic heterocycles. The molecule has 0 bridgehead atoms. The minimum atomic E-state index is -4.18. The van der Waals surface area contributed by atoms with Crippen molar-refractivity contribution in [3.8, 4) is 11.5 Å². The van der Waals surface area contributed by atoms with Gasteiger partial charge in [-0.15, -0.1) is 0 Å². The fourth-order valence-corrected chi connectivity index (χ4v) is 4.65. The number of methoxy groups -OCH3 is 2. The summed E-state index contributed by atoms with van der Waals surface area (Å²) >= 11 is 0. The van der Waals surface area contributed by atoms with Crippen LogP contribution < -0.4 is 19.1 Å². The summed E-state index contributed by atoms with van der Waals surface area (Å²) in [6, 6.07) is 8.35. The third kappa shape index (κ3) is 3.43. The number of sulfonamides is 1. The molecule has 3 rings (SSSR count). The van der Waals surface area contributed by atoms with E-state index in [1.165, 1.54) is 52.5 Å². The molecule has 2 aromatic rings. The molecule has 0 radical (unpaired) electrons. The van der Waals surface area contributed by atoms with Crippen molar-refractivity contribution >= 4 is 38.6 Å². The van der Waals surface area contributed by atoms with E-state index in [-0.39, 0.29) is 16.9 Å². The fraction of sp³-hybridized carbons (Fsp3) is 0.211. The maximum absolute atomic E-state index is 13.1. The van der Waals surface area contributed by atoms with Crippen molar-refractivity contribution in [2.75, 3.05) is 30.9 Å². The average Bonchev–Trinajstić information content (AvgIpc) is 2.71. The predicted octanol–water partition coefficient (Wildman–Crippen LogP) is 2.76. The van der Waals surface area contributed by atoms with Gasteiger partial charge in [-0.2, -0.15) is 0 Å². The third-order valence-corrected chi connectivity index (χ3v) is 6.65. The first-order valence-electron chi connectivity index (χ1n) is 8.63. The van der Waals surface area contributed by atoms with E-state index >= 15 is 0 Å². The molecule has 1 amide bonds. The van der Waals surface area contributed by atoms with Gasteiger partial charge in [-0.05, 0) is 24.6 Å². The zero-order valence-electron chi connectivity index (χ0n) is 16.6. The Labute approximate surface area is 172 Å². The molecule has 0 saturated heterocycles. The fourth-order valence-electron chi connectivity index (χ4n) is 3.18. The second-order valence-electron chi connectivity index (χ2n) is 6.41. The minimum absolute atomic E-state index is 0.102. The first kappa shape index (κ1) is 21.1. The second-order valence-corrected chi connectivity index (χ2v) is 8.32. The second kappa shape index (κ2) is 7.67. The van der Waals surface area contributed by atoms with Crippen molar-refractivity contribution in [3.05, 3.63) is 57.0 Å². The number of fused-ring (bicyclic) bond motifs is 1. The Balaban J connectivity index is 2.12. The quantitative estimate of drug-likeness (QED) is 0.567. The average molecular weight is 433 g/mol. The van der Waals surface area contributed by atoms with Crippen molar-refractivity contribution in [2.45, 2.75) is 6.92 Å². The lowest BCUT2D eigenvalue weighted by Gasteiger charge is -2.30. The maximum Gasteiger partial charge on any atom is 0.271 e. The molecule has 0 unspecified atom stereocenters. The largest absolute Gasteiger partial charge is 0.493 e. The summed E-state index contributed by atoms with van der Waals surface area (Å²) in [5.41, 5.74) is 0.896. The lowest BCUT2D eigenvalue weighted by molar-refractivity contribution is -0.384. The Bertz CT molecular complexity index is 1190. The molecular formula is C19H19N3O7S. The minimum Gasteiger partial charge on any atom is -0.493 e. The van der Waals surface area contributed by atoms with Crippen LogP contribution in [0.5, 0.6) is 11.5 Å². The number of anilines is 2. The summed E-state index contributed by atoms with van der Waals surface area (Å²) in [5, 5.41) is 13.4. The Kier molecular flexibility index (Phi) is 5.40. The summed E-state index contributed by atoms with van der Waals surface area (Å²) in [6.07, 6.45) is 0. The van der Waals surface area contributed by atoms with Gasteiger partial charge in [-0.3, -0.25) is 19.2 Å². The van der Waals surface area contributed by atoms with Crippen LogP contribution >= 0.6 is 0 Å². The van der Waals surface area contributed by atoms with E-state index in [9.17, 15) is 23.3 Å². The highest BCUT2D eigenvalue weighted by Gasteiger charge is 2.38. The molecule has 0 saturated carbocycles. The SMILES string of the molecule is COc1cc2c(cc1OC)N(C)S(=O)(=O)C(C(=O)Nc1cccc([N+](=O)[O-])c1)=C2C. The molecule has 0 spiro atoms. The summed E-state index contributed by atoms with van der Waals surface area (Å²) < 4.78 is 37.7. The van der Waals surface area contributed by atoms with Crippen molar-refractivity contribution in [3.63, 3.8) is 0 Å². The van der Waals surface area contributed by atoms with Crippen LogP contribution in [0, 0.1) is 10.1 Å². The highest BCUT2D eigenvalue weighted by atomic mass is 32.2. The van der Waals surface area contributed by atoms with Crippen molar-refractivity contribution in [2.24, 2.45) is 0 Å². The highest BCUT2D eigenvalue weighted by Crippen LogP contribution is 2.44. The van der Waals surface area contributed by atoms with Crippen molar-refractivity contribution < 1.29 is 27.6 Å². The molecule has 0 fully saturated rings. The van der Waals surface area contributed by atoms with Crippen LogP contribution in [-0.2, 0) is 14.8 Å². The summed E-state index contributed by atoms with van der Waals surface area (Å²) in [5.74, 6) is -0.183. The van der Waals surface area contributed by atoms with Gasteiger partial charge < -0.3 is 14.8 Å². The van der Waals surface area contributed by atoms with E-state index < -0.39 is 25.8 Å². The Morgan fingerprint density at radius 3 is 2.37 bits per heavy atom. The molecule has 30 heavy (non-hydrogen) atoms. The Morgan fingerprint density at radius 2 is 1.77 bits per heavy atom. The molecule has 11 heteroatoms. The number of carbonyl (C=O) groups excluding carboxylic acids is 1. The number of ether oxygens (including phenoxy) is 2. The Morgan fingerprint density at radius 1 is 1.13 bits per heavy atom. The maximum atomic E-state index is 13.1. The number of nitrogens with zero attached hydrogens (tertiary/aromatic N) is 2. The zero-order chi connectivity index (χ0) is 22.2. The first-order valence-corrected chi connectivity index (χ1v) is 10.1. The topological polar surface area (TPSA) is 128 Å². The number of hydrogen-bond donors (Lipinski definition) is 1. The lowest BCUT2D eigenvalue weighted by Crippen LogP contribution is -2.36. The van der Waals surface area contributed by atoms with E-state index in [1.54, 1.807) is 6.07 Å². The van der Waals surface area contributed by atoms with Gasteiger partial charge in [0, 0.05) is 36.5 Å². The van der Waals surface area contributed by atoms with Gasteiger partial charge in [0.1, 0.15) is 0 Å². The van der Waals surface area contributed by atoms with Crippen LogP contribution in [-0.4, -0.2) is 40.5 Å². The standard InChI is InChI=1S/C19H19N3O7S/c1-11-14-9-16(28-3)17(29-4)10-15(14)21(2)30(26,27)18(11)19(23)20-12-6-5-7-13(8-12)22(24)25/h5-10H,1-4H3,(H,20,23). The van der Waals surface area contributed by atoms with Gasteiger partial charge in [0.15, 0.2) is 16.4 Å². The van der Waals surface area contributed by atoms with E-state index in [4.69, 9.17) is 9.47 Å². The molecule has 10 nitrogen and oxygen atoms in total. The van der Waals surface area contributed by atoms with Gasteiger partial charge in [0.25, 0.3) is 21.6 Å². The number of nitro benzene ring substituents is 1. The molecular weight excluding hydrogens is 414 g/mol. The van der Waals surface area contributed by atoms with Crippen LogP contribution in [0.25, 0.3) is 5.57 Å². The number of rotatable bonds is 5. The zero-order valence-corrected chi connectivity index (χ0v) is 17.4. The number of hydrogen-bond acceptors (Lipinski definition) is 7. The number of allylic oxidation sites excluding steroid dienone is 1. The van der Waals surface area contributed by atoms with Gasteiger partial charge in [0.2, 0.25) is 0 Å².